The Bertz CT molecular complexity index is 1100. The van der Waals surface area contributed by atoms with Crippen LogP contribution in [0.4, 0.5) is 0 Å². The van der Waals surface area contributed by atoms with Crippen molar-refractivity contribution in [1.29, 1.82) is 0 Å². The maximum absolute atomic E-state index is 12.0. The van der Waals surface area contributed by atoms with Gasteiger partial charge in [-0.05, 0) is 46.3 Å². The molecule has 0 bridgehead atoms. The molecule has 0 aliphatic carbocycles. The van der Waals surface area contributed by atoms with E-state index in [1.807, 2.05) is 6.92 Å². The molecule has 0 radical (unpaired) electrons. The van der Waals surface area contributed by atoms with Crippen molar-refractivity contribution in [3.8, 4) is 0 Å². The fraction of sp³-hybridized carbons (Fsp3) is 0.304. The highest BCUT2D eigenvalue weighted by Crippen LogP contribution is 2.35. The summed E-state index contributed by atoms with van der Waals surface area (Å²) in [5.74, 6) is 0.0997. The van der Waals surface area contributed by atoms with Crippen LogP contribution in [0.15, 0.2) is 45.0 Å². The fourth-order valence-electron chi connectivity index (χ4n) is 3.65. The van der Waals surface area contributed by atoms with Gasteiger partial charge in [0.05, 0.1) is 17.1 Å². The number of hydrogen-bond acceptors (Lipinski definition) is 5. The lowest BCUT2D eigenvalue weighted by molar-refractivity contribution is -0.117. The molecule has 0 amide bonds. The van der Waals surface area contributed by atoms with Crippen molar-refractivity contribution in [2.75, 3.05) is 0 Å². The second-order valence-corrected chi connectivity index (χ2v) is 8.77. The number of Topliss-reactive ketones (excluding diaryl/α,β-unsaturated/α-hetero) is 1. The predicted molar refractivity (Wildman–Crippen MR) is 118 cm³/mol. The summed E-state index contributed by atoms with van der Waals surface area (Å²) >= 11 is 1.77. The minimum absolute atomic E-state index is 0.0997. The molecule has 4 nitrogen and oxygen atoms in total. The SMILES string of the molecule is CC(=O)C[C@@H]1N=C(c2ccc(C)cc2)c2c(sc(C)c2C)/C=C2/C(C)=NN=C21. The van der Waals surface area contributed by atoms with Crippen LogP contribution >= 0.6 is 11.3 Å². The van der Waals surface area contributed by atoms with Gasteiger partial charge < -0.3 is 0 Å². The van der Waals surface area contributed by atoms with Gasteiger partial charge in [0.2, 0.25) is 0 Å². The first-order valence-electron chi connectivity index (χ1n) is 9.44. The smallest absolute Gasteiger partial charge is 0.132 e. The summed E-state index contributed by atoms with van der Waals surface area (Å²) < 4.78 is 0. The number of nitrogens with zero attached hydrogens (tertiary/aromatic N) is 3. The predicted octanol–water partition coefficient (Wildman–Crippen LogP) is 5.09. The number of carbonyl (C=O) groups is 1. The van der Waals surface area contributed by atoms with Crippen molar-refractivity contribution in [3.05, 3.63) is 61.8 Å². The molecular weight excluding hydrogens is 366 g/mol. The molecule has 2 aliphatic heterocycles. The van der Waals surface area contributed by atoms with E-state index in [4.69, 9.17) is 4.99 Å². The average Bonchev–Trinajstić information content (AvgIpc) is 3.12. The Kier molecular flexibility index (Phi) is 4.71. The molecule has 5 heteroatoms. The summed E-state index contributed by atoms with van der Waals surface area (Å²) in [4.78, 5) is 19.6. The molecule has 3 heterocycles. The van der Waals surface area contributed by atoms with Gasteiger partial charge in [0.15, 0.2) is 0 Å². The van der Waals surface area contributed by atoms with E-state index in [0.29, 0.717) is 6.42 Å². The summed E-state index contributed by atoms with van der Waals surface area (Å²) in [5, 5.41) is 8.69. The highest BCUT2D eigenvalue weighted by Gasteiger charge is 2.31. The number of aliphatic imine (C=N–C) groups is 1. The van der Waals surface area contributed by atoms with E-state index in [0.717, 1.165) is 33.8 Å². The Morgan fingerprint density at radius 1 is 1.07 bits per heavy atom. The number of rotatable bonds is 3. The fourth-order valence-corrected chi connectivity index (χ4v) is 4.77. The third-order valence-corrected chi connectivity index (χ3v) is 6.46. The summed E-state index contributed by atoms with van der Waals surface area (Å²) in [7, 11) is 0. The van der Waals surface area contributed by atoms with E-state index in [9.17, 15) is 4.79 Å². The van der Waals surface area contributed by atoms with Crippen molar-refractivity contribution < 1.29 is 4.79 Å². The van der Waals surface area contributed by atoms with Crippen molar-refractivity contribution in [2.45, 2.75) is 47.1 Å². The molecule has 1 atom stereocenters. The summed E-state index contributed by atoms with van der Waals surface area (Å²) in [6.07, 6.45) is 2.51. The maximum atomic E-state index is 12.0. The maximum Gasteiger partial charge on any atom is 0.132 e. The van der Waals surface area contributed by atoms with Gasteiger partial charge in [-0.25, -0.2) is 0 Å². The number of aryl methyl sites for hydroxylation is 2. The molecule has 0 N–H and O–H groups in total. The molecule has 0 unspecified atom stereocenters. The van der Waals surface area contributed by atoms with Gasteiger partial charge in [0, 0.05) is 32.9 Å². The molecule has 142 valence electrons. The van der Waals surface area contributed by atoms with E-state index in [-0.39, 0.29) is 11.8 Å². The zero-order chi connectivity index (χ0) is 20.0. The lowest BCUT2D eigenvalue weighted by Crippen LogP contribution is -2.27. The van der Waals surface area contributed by atoms with Crippen molar-refractivity contribution in [1.82, 2.24) is 0 Å². The van der Waals surface area contributed by atoms with Crippen LogP contribution in [0.5, 0.6) is 0 Å². The Labute approximate surface area is 169 Å². The standard InChI is InChI=1S/C23H23N3OS/c1-12-6-8-17(9-7-12)22-21-14(3)16(5)28-20(21)11-18-15(4)25-26-23(18)19(24-22)10-13(2)27/h6-9,11,19H,10H2,1-5H3/b18-11-,24-22?/t19-/m0/s1. The molecule has 0 saturated heterocycles. The van der Waals surface area contributed by atoms with Gasteiger partial charge in [-0.2, -0.15) is 10.2 Å². The van der Waals surface area contributed by atoms with Gasteiger partial charge in [0.1, 0.15) is 11.8 Å². The van der Waals surface area contributed by atoms with E-state index in [1.54, 1.807) is 18.3 Å². The van der Waals surface area contributed by atoms with Crippen LogP contribution in [0.1, 0.15) is 52.3 Å². The molecule has 0 saturated carbocycles. The number of fused-ring (bicyclic) bond motifs is 2. The number of benzene rings is 1. The highest BCUT2D eigenvalue weighted by molar-refractivity contribution is 7.13. The number of thiophene rings is 1. The zero-order valence-electron chi connectivity index (χ0n) is 16.8. The van der Waals surface area contributed by atoms with Crippen LogP contribution in [0.25, 0.3) is 6.08 Å². The highest BCUT2D eigenvalue weighted by atomic mass is 32.1. The van der Waals surface area contributed by atoms with Gasteiger partial charge in [0.25, 0.3) is 0 Å². The first-order valence-corrected chi connectivity index (χ1v) is 10.3. The Morgan fingerprint density at radius 3 is 2.46 bits per heavy atom. The zero-order valence-corrected chi connectivity index (χ0v) is 17.6. The molecule has 0 spiro atoms. The number of ketones is 1. The molecule has 28 heavy (non-hydrogen) atoms. The summed E-state index contributed by atoms with van der Waals surface area (Å²) in [6, 6.07) is 8.10. The molecule has 1 aromatic heterocycles. The first kappa shape index (κ1) is 18.7. The van der Waals surface area contributed by atoms with Gasteiger partial charge in [-0.1, -0.05) is 29.8 Å². The summed E-state index contributed by atoms with van der Waals surface area (Å²) in [6.45, 7) is 9.95. The van der Waals surface area contributed by atoms with Crippen LogP contribution < -0.4 is 0 Å². The lowest BCUT2D eigenvalue weighted by atomic mass is 9.91. The van der Waals surface area contributed by atoms with E-state index in [1.165, 1.54) is 20.9 Å². The molecule has 1 aromatic carbocycles. The second kappa shape index (κ2) is 7.06. The van der Waals surface area contributed by atoms with Crippen LogP contribution in [0.2, 0.25) is 0 Å². The van der Waals surface area contributed by atoms with Gasteiger partial charge in [-0.15, -0.1) is 11.3 Å². The summed E-state index contributed by atoms with van der Waals surface area (Å²) in [5.41, 5.74) is 8.29. The second-order valence-electron chi connectivity index (χ2n) is 7.52. The first-order chi connectivity index (χ1) is 13.3. The number of hydrogen-bond donors (Lipinski definition) is 0. The van der Waals surface area contributed by atoms with Gasteiger partial charge in [-0.3, -0.25) is 9.79 Å². The molecule has 0 fully saturated rings. The van der Waals surface area contributed by atoms with Gasteiger partial charge >= 0.3 is 0 Å². The molecule has 4 rings (SSSR count). The van der Waals surface area contributed by atoms with Crippen LogP contribution in [0.3, 0.4) is 0 Å². The van der Waals surface area contributed by atoms with E-state index >= 15 is 0 Å². The Balaban J connectivity index is 2.00. The molecule has 2 aliphatic rings. The van der Waals surface area contributed by atoms with Crippen molar-refractivity contribution in [3.63, 3.8) is 0 Å². The monoisotopic (exact) mass is 389 g/mol. The van der Waals surface area contributed by atoms with Crippen molar-refractivity contribution >= 4 is 40.3 Å². The van der Waals surface area contributed by atoms with E-state index < -0.39 is 0 Å². The van der Waals surface area contributed by atoms with Crippen LogP contribution in [-0.4, -0.2) is 29.0 Å². The largest absolute Gasteiger partial charge is 0.300 e. The van der Waals surface area contributed by atoms with E-state index in [2.05, 4.69) is 61.3 Å². The Morgan fingerprint density at radius 2 is 1.79 bits per heavy atom. The normalized spacial score (nSPS) is 20.1. The third-order valence-electron chi connectivity index (χ3n) is 5.30. The van der Waals surface area contributed by atoms with Crippen molar-refractivity contribution in [2.24, 2.45) is 15.2 Å². The minimum atomic E-state index is -0.325. The third kappa shape index (κ3) is 3.20. The molecular formula is C23H23N3OS. The van der Waals surface area contributed by atoms with Crippen LogP contribution in [-0.2, 0) is 4.79 Å². The quantitative estimate of drug-likeness (QED) is 0.722. The molecule has 2 aromatic rings. The lowest BCUT2D eigenvalue weighted by Gasteiger charge is -2.19. The topological polar surface area (TPSA) is 54.1 Å². The minimum Gasteiger partial charge on any atom is -0.300 e. The Hall–Kier alpha value is -2.66. The van der Waals surface area contributed by atoms with Crippen LogP contribution in [0, 0.1) is 20.8 Å². The number of carbonyl (C=O) groups excluding carboxylic acids is 1. The average molecular weight is 390 g/mol.